The second kappa shape index (κ2) is 5.99. The summed E-state index contributed by atoms with van der Waals surface area (Å²) in [4.78, 5) is 16.1. The number of amides is 1. The van der Waals surface area contributed by atoms with Gasteiger partial charge in [-0.2, -0.15) is 0 Å². The van der Waals surface area contributed by atoms with E-state index < -0.39 is 0 Å². The monoisotopic (exact) mass is 322 g/mol. The molecule has 6 heteroatoms. The number of nitrogens with zero attached hydrogens (tertiary/aromatic N) is 2. The number of carbonyl (C=O) groups excluding carboxylic acids is 1. The highest BCUT2D eigenvalue weighted by Gasteiger charge is 2.10. The predicted octanol–water partition coefficient (Wildman–Crippen LogP) is 2.17. The van der Waals surface area contributed by atoms with Crippen LogP contribution in [-0.2, 0) is 6.54 Å². The zero-order chi connectivity index (χ0) is 13.8. The molecule has 1 heterocycles. The Morgan fingerprint density at radius 3 is 3.00 bits per heavy atom. The van der Waals surface area contributed by atoms with Gasteiger partial charge >= 0.3 is 0 Å². The smallest absolute Gasteiger partial charge is 0.275 e. The summed E-state index contributed by atoms with van der Waals surface area (Å²) in [5, 5.41) is 2.81. The van der Waals surface area contributed by atoms with Crippen LogP contribution in [0.25, 0.3) is 0 Å². The molecule has 0 saturated heterocycles. The SMILES string of the molecule is Cc1cc(NC(=O)c2cn(CCN)cn2)ccc1Br. The van der Waals surface area contributed by atoms with Crippen LogP contribution in [-0.4, -0.2) is 22.0 Å². The molecule has 19 heavy (non-hydrogen) atoms. The third-order valence-electron chi connectivity index (χ3n) is 2.67. The van der Waals surface area contributed by atoms with Gasteiger partial charge in [0.25, 0.3) is 5.91 Å². The normalized spacial score (nSPS) is 10.5. The second-order valence-electron chi connectivity index (χ2n) is 4.20. The number of aryl methyl sites for hydroxylation is 1. The van der Waals surface area contributed by atoms with E-state index in [9.17, 15) is 4.79 Å². The first kappa shape index (κ1) is 13.8. The molecule has 3 N–H and O–H groups in total. The largest absolute Gasteiger partial charge is 0.335 e. The minimum absolute atomic E-state index is 0.225. The van der Waals surface area contributed by atoms with E-state index in [-0.39, 0.29) is 5.91 Å². The molecule has 0 saturated carbocycles. The molecule has 0 bridgehead atoms. The predicted molar refractivity (Wildman–Crippen MR) is 78.1 cm³/mol. The van der Waals surface area contributed by atoms with Crippen LogP contribution in [0.5, 0.6) is 0 Å². The maximum Gasteiger partial charge on any atom is 0.275 e. The van der Waals surface area contributed by atoms with Crippen LogP contribution in [0.2, 0.25) is 0 Å². The Labute approximate surface area is 120 Å². The van der Waals surface area contributed by atoms with Crippen LogP contribution >= 0.6 is 15.9 Å². The van der Waals surface area contributed by atoms with E-state index in [1.54, 1.807) is 17.1 Å². The number of nitrogens with one attached hydrogen (secondary N) is 1. The van der Waals surface area contributed by atoms with Gasteiger partial charge in [-0.05, 0) is 30.7 Å². The Hall–Kier alpha value is -1.66. The summed E-state index contributed by atoms with van der Waals surface area (Å²) < 4.78 is 2.81. The van der Waals surface area contributed by atoms with E-state index >= 15 is 0 Å². The molecule has 0 aliphatic heterocycles. The van der Waals surface area contributed by atoms with Gasteiger partial charge in [0.1, 0.15) is 5.69 Å². The van der Waals surface area contributed by atoms with Gasteiger partial charge in [0.05, 0.1) is 6.33 Å². The van der Waals surface area contributed by atoms with Gasteiger partial charge in [0, 0.05) is 29.4 Å². The Morgan fingerprint density at radius 1 is 1.53 bits per heavy atom. The molecule has 1 aromatic heterocycles. The fourth-order valence-corrected chi connectivity index (χ4v) is 1.91. The molecule has 2 aromatic rings. The van der Waals surface area contributed by atoms with E-state index in [4.69, 9.17) is 5.73 Å². The third-order valence-corrected chi connectivity index (χ3v) is 3.56. The molecule has 0 spiro atoms. The lowest BCUT2D eigenvalue weighted by Crippen LogP contribution is -2.13. The van der Waals surface area contributed by atoms with Crippen molar-refractivity contribution in [2.45, 2.75) is 13.5 Å². The Morgan fingerprint density at radius 2 is 2.32 bits per heavy atom. The van der Waals surface area contributed by atoms with Crippen molar-refractivity contribution in [3.05, 3.63) is 46.5 Å². The average molecular weight is 323 g/mol. The number of imidazole rings is 1. The van der Waals surface area contributed by atoms with Gasteiger partial charge in [0.15, 0.2) is 0 Å². The van der Waals surface area contributed by atoms with Gasteiger partial charge in [-0.15, -0.1) is 0 Å². The Kier molecular flexibility index (Phi) is 4.34. The molecule has 5 nitrogen and oxygen atoms in total. The van der Waals surface area contributed by atoms with Crippen molar-refractivity contribution in [3.63, 3.8) is 0 Å². The summed E-state index contributed by atoms with van der Waals surface area (Å²) in [5.74, 6) is -0.225. The van der Waals surface area contributed by atoms with E-state index in [1.165, 1.54) is 0 Å². The minimum Gasteiger partial charge on any atom is -0.335 e. The highest BCUT2D eigenvalue weighted by Crippen LogP contribution is 2.20. The van der Waals surface area contributed by atoms with Crippen LogP contribution in [0.3, 0.4) is 0 Å². The molecule has 2 rings (SSSR count). The van der Waals surface area contributed by atoms with Crippen LogP contribution < -0.4 is 11.1 Å². The highest BCUT2D eigenvalue weighted by atomic mass is 79.9. The Bertz CT molecular complexity index is 594. The molecular weight excluding hydrogens is 308 g/mol. The zero-order valence-electron chi connectivity index (χ0n) is 10.6. The van der Waals surface area contributed by atoms with Crippen LogP contribution in [0.15, 0.2) is 35.2 Å². The number of carbonyl (C=O) groups is 1. The number of hydrogen-bond donors (Lipinski definition) is 2. The van der Waals surface area contributed by atoms with E-state index in [0.717, 1.165) is 15.7 Å². The lowest BCUT2D eigenvalue weighted by molar-refractivity contribution is 0.102. The maximum absolute atomic E-state index is 12.0. The number of benzene rings is 1. The Balaban J connectivity index is 2.09. The number of hydrogen-bond acceptors (Lipinski definition) is 3. The average Bonchev–Trinajstić information content (AvgIpc) is 2.83. The fraction of sp³-hybridized carbons (Fsp3) is 0.231. The molecule has 1 aromatic carbocycles. The van der Waals surface area contributed by atoms with E-state index in [1.807, 2.05) is 25.1 Å². The number of aromatic nitrogens is 2. The third kappa shape index (κ3) is 3.42. The maximum atomic E-state index is 12.0. The molecule has 1 amide bonds. The first-order chi connectivity index (χ1) is 9.10. The number of anilines is 1. The molecule has 0 fully saturated rings. The van der Waals surface area contributed by atoms with Gasteiger partial charge < -0.3 is 15.6 Å². The lowest BCUT2D eigenvalue weighted by Gasteiger charge is -2.05. The molecule has 0 aliphatic carbocycles. The molecule has 0 unspecified atom stereocenters. The number of nitrogens with two attached hydrogens (primary N) is 1. The summed E-state index contributed by atoms with van der Waals surface area (Å²) in [7, 11) is 0. The summed E-state index contributed by atoms with van der Waals surface area (Å²) >= 11 is 3.42. The van der Waals surface area contributed by atoms with Gasteiger partial charge in [-0.25, -0.2) is 4.98 Å². The van der Waals surface area contributed by atoms with Crippen LogP contribution in [0.1, 0.15) is 16.1 Å². The highest BCUT2D eigenvalue weighted by molar-refractivity contribution is 9.10. The van der Waals surface area contributed by atoms with E-state index in [2.05, 4.69) is 26.2 Å². The van der Waals surface area contributed by atoms with Gasteiger partial charge in [0.2, 0.25) is 0 Å². The number of rotatable bonds is 4. The fourth-order valence-electron chi connectivity index (χ4n) is 1.67. The van der Waals surface area contributed by atoms with Crippen molar-refractivity contribution in [2.24, 2.45) is 5.73 Å². The summed E-state index contributed by atoms with van der Waals surface area (Å²) in [5.41, 5.74) is 7.64. The summed E-state index contributed by atoms with van der Waals surface area (Å²) in [6.45, 7) is 3.14. The van der Waals surface area contributed by atoms with Crippen molar-refractivity contribution in [1.82, 2.24) is 9.55 Å². The summed E-state index contributed by atoms with van der Waals surface area (Å²) in [6.07, 6.45) is 3.29. The van der Waals surface area contributed by atoms with Crippen molar-refractivity contribution >= 4 is 27.5 Å². The van der Waals surface area contributed by atoms with Crippen molar-refractivity contribution in [1.29, 1.82) is 0 Å². The molecular formula is C13H15BrN4O. The zero-order valence-corrected chi connectivity index (χ0v) is 12.1. The first-order valence-corrected chi connectivity index (χ1v) is 6.69. The first-order valence-electron chi connectivity index (χ1n) is 5.89. The molecule has 0 aliphatic rings. The topological polar surface area (TPSA) is 72.9 Å². The van der Waals surface area contributed by atoms with Crippen molar-refractivity contribution < 1.29 is 4.79 Å². The van der Waals surface area contributed by atoms with E-state index in [0.29, 0.717) is 18.8 Å². The second-order valence-corrected chi connectivity index (χ2v) is 5.06. The van der Waals surface area contributed by atoms with Crippen molar-refractivity contribution in [2.75, 3.05) is 11.9 Å². The van der Waals surface area contributed by atoms with Gasteiger partial charge in [-0.1, -0.05) is 15.9 Å². The van der Waals surface area contributed by atoms with Crippen LogP contribution in [0, 0.1) is 6.92 Å². The van der Waals surface area contributed by atoms with Gasteiger partial charge in [-0.3, -0.25) is 4.79 Å². The molecule has 0 radical (unpaired) electrons. The summed E-state index contributed by atoms with van der Waals surface area (Å²) in [6, 6.07) is 5.64. The molecule has 0 atom stereocenters. The quantitative estimate of drug-likeness (QED) is 0.906. The minimum atomic E-state index is -0.225. The van der Waals surface area contributed by atoms with Crippen LogP contribution in [0.4, 0.5) is 5.69 Å². The van der Waals surface area contributed by atoms with Crippen molar-refractivity contribution in [3.8, 4) is 0 Å². The lowest BCUT2D eigenvalue weighted by atomic mass is 10.2. The number of halogens is 1. The molecule has 100 valence electrons. The standard InChI is InChI=1S/C13H15BrN4O/c1-9-6-10(2-3-11(9)14)17-13(19)12-7-18(5-4-15)8-16-12/h2-3,6-8H,4-5,15H2,1H3,(H,17,19).